The van der Waals surface area contributed by atoms with Crippen molar-refractivity contribution in [2.45, 2.75) is 33.9 Å². The van der Waals surface area contributed by atoms with E-state index in [9.17, 15) is 0 Å². The molecule has 1 N–H and O–H groups in total. The Hall–Kier alpha value is -1.81. The highest BCUT2D eigenvalue weighted by Gasteiger charge is 2.02. The second-order valence-corrected chi connectivity index (χ2v) is 4.88. The zero-order valence-electron chi connectivity index (χ0n) is 12.5. The Morgan fingerprint density at radius 3 is 2.55 bits per heavy atom. The lowest BCUT2D eigenvalue weighted by Gasteiger charge is -2.09. The summed E-state index contributed by atoms with van der Waals surface area (Å²) in [6, 6.07) is 8.26. The monoisotopic (exact) mass is 273 g/mol. The molecule has 0 aliphatic rings. The molecule has 20 heavy (non-hydrogen) atoms. The van der Waals surface area contributed by atoms with Gasteiger partial charge in [-0.3, -0.25) is 0 Å². The van der Waals surface area contributed by atoms with E-state index in [1.807, 2.05) is 25.4 Å². The summed E-state index contributed by atoms with van der Waals surface area (Å²) < 4.78 is 7.88. The van der Waals surface area contributed by atoms with Crippen LogP contribution in [-0.2, 0) is 13.1 Å². The molecule has 1 aromatic heterocycles. The van der Waals surface area contributed by atoms with Crippen LogP contribution in [0.15, 0.2) is 30.6 Å². The first kappa shape index (κ1) is 14.6. The number of rotatable bonds is 7. The lowest BCUT2D eigenvalue weighted by molar-refractivity contribution is 0.297. The Kier molecular flexibility index (Phi) is 5.18. The number of nitrogens with zero attached hydrogens (tertiary/aromatic N) is 2. The number of aryl methyl sites for hydroxylation is 1. The van der Waals surface area contributed by atoms with Crippen LogP contribution in [0.1, 0.15) is 23.9 Å². The molecule has 4 heteroatoms. The van der Waals surface area contributed by atoms with Gasteiger partial charge >= 0.3 is 0 Å². The van der Waals surface area contributed by atoms with Crippen molar-refractivity contribution in [3.8, 4) is 5.75 Å². The third-order valence-corrected chi connectivity index (χ3v) is 3.45. The van der Waals surface area contributed by atoms with Crippen molar-refractivity contribution in [3.63, 3.8) is 0 Å². The van der Waals surface area contributed by atoms with Crippen molar-refractivity contribution in [3.05, 3.63) is 47.5 Å². The molecule has 0 saturated heterocycles. The zero-order chi connectivity index (χ0) is 14.4. The van der Waals surface area contributed by atoms with E-state index in [0.29, 0.717) is 6.61 Å². The predicted molar refractivity (Wildman–Crippen MR) is 81.0 cm³/mol. The number of nitrogens with one attached hydrogen (secondary N) is 1. The molecule has 0 unspecified atom stereocenters. The predicted octanol–water partition coefficient (Wildman–Crippen LogP) is 2.69. The van der Waals surface area contributed by atoms with Gasteiger partial charge in [0.2, 0.25) is 0 Å². The number of imidazole rings is 1. The molecular formula is C16H23N3O. The lowest BCUT2D eigenvalue weighted by atomic mass is 10.2. The average molecular weight is 273 g/mol. The van der Waals surface area contributed by atoms with Gasteiger partial charge in [0.1, 0.15) is 12.4 Å². The van der Waals surface area contributed by atoms with Crippen LogP contribution in [-0.4, -0.2) is 22.7 Å². The van der Waals surface area contributed by atoms with Crippen molar-refractivity contribution in [1.82, 2.24) is 14.9 Å². The number of hydrogen-bond acceptors (Lipinski definition) is 3. The van der Waals surface area contributed by atoms with Crippen LogP contribution in [0.5, 0.6) is 5.75 Å². The molecule has 108 valence electrons. The van der Waals surface area contributed by atoms with Gasteiger partial charge in [-0.15, -0.1) is 0 Å². The van der Waals surface area contributed by atoms with Crippen molar-refractivity contribution < 1.29 is 4.74 Å². The highest BCUT2D eigenvalue weighted by Crippen LogP contribution is 2.12. The summed E-state index contributed by atoms with van der Waals surface area (Å²) in [4.78, 5) is 4.28. The van der Waals surface area contributed by atoms with Crippen LogP contribution >= 0.6 is 0 Å². The van der Waals surface area contributed by atoms with E-state index in [0.717, 1.165) is 31.1 Å². The molecule has 0 amide bonds. The fourth-order valence-corrected chi connectivity index (χ4v) is 2.00. The van der Waals surface area contributed by atoms with Crippen LogP contribution < -0.4 is 10.1 Å². The van der Waals surface area contributed by atoms with Crippen LogP contribution in [0.4, 0.5) is 0 Å². The van der Waals surface area contributed by atoms with E-state index in [1.54, 1.807) is 0 Å². The highest BCUT2D eigenvalue weighted by molar-refractivity contribution is 5.27. The van der Waals surface area contributed by atoms with Gasteiger partial charge in [-0.05, 0) is 38.1 Å². The Morgan fingerprint density at radius 2 is 1.95 bits per heavy atom. The Balaban J connectivity index is 1.80. The van der Waals surface area contributed by atoms with Crippen LogP contribution in [0.25, 0.3) is 0 Å². The van der Waals surface area contributed by atoms with Crippen molar-refractivity contribution in [2.75, 3.05) is 13.2 Å². The van der Waals surface area contributed by atoms with E-state index in [2.05, 4.69) is 40.8 Å². The molecule has 1 heterocycles. The molecule has 0 atom stereocenters. The molecule has 4 nitrogen and oxygen atoms in total. The van der Waals surface area contributed by atoms with Gasteiger partial charge in [0, 0.05) is 12.2 Å². The Bertz CT molecular complexity index is 531. The maximum absolute atomic E-state index is 5.76. The first-order valence-electron chi connectivity index (χ1n) is 7.11. The summed E-state index contributed by atoms with van der Waals surface area (Å²) in [7, 11) is 0. The van der Waals surface area contributed by atoms with E-state index in [1.165, 1.54) is 11.3 Å². The first-order valence-corrected chi connectivity index (χ1v) is 7.11. The van der Waals surface area contributed by atoms with Crippen LogP contribution in [0.2, 0.25) is 0 Å². The van der Waals surface area contributed by atoms with Gasteiger partial charge in [-0.2, -0.15) is 0 Å². The van der Waals surface area contributed by atoms with Crippen molar-refractivity contribution in [1.29, 1.82) is 0 Å². The van der Waals surface area contributed by atoms with E-state index >= 15 is 0 Å². The van der Waals surface area contributed by atoms with E-state index in [-0.39, 0.29) is 0 Å². The summed E-state index contributed by atoms with van der Waals surface area (Å²) >= 11 is 0. The fourth-order valence-electron chi connectivity index (χ4n) is 2.00. The largest absolute Gasteiger partial charge is 0.492 e. The van der Waals surface area contributed by atoms with Gasteiger partial charge in [-0.25, -0.2) is 4.98 Å². The molecule has 0 spiro atoms. The number of ether oxygens (including phenoxy) is 1. The zero-order valence-corrected chi connectivity index (χ0v) is 12.5. The molecule has 2 aromatic rings. The van der Waals surface area contributed by atoms with Crippen molar-refractivity contribution in [2.24, 2.45) is 0 Å². The first-order chi connectivity index (χ1) is 9.70. The molecule has 0 bridgehead atoms. The van der Waals surface area contributed by atoms with Gasteiger partial charge in [-0.1, -0.05) is 19.1 Å². The standard InChI is InChI=1S/C16H23N3O/c1-4-17-11-15-5-7-16(8-6-15)20-10-9-19-12-18-13(2)14(19)3/h5-8,12,17H,4,9-11H2,1-3H3. The quantitative estimate of drug-likeness (QED) is 0.843. The van der Waals surface area contributed by atoms with Gasteiger partial charge in [0.25, 0.3) is 0 Å². The summed E-state index contributed by atoms with van der Waals surface area (Å²) in [6.45, 7) is 9.59. The summed E-state index contributed by atoms with van der Waals surface area (Å²) in [5, 5.41) is 3.31. The number of benzene rings is 1. The van der Waals surface area contributed by atoms with Gasteiger partial charge in [0.05, 0.1) is 18.6 Å². The van der Waals surface area contributed by atoms with Crippen LogP contribution in [0.3, 0.4) is 0 Å². The molecule has 0 aliphatic carbocycles. The molecule has 0 saturated carbocycles. The molecular weight excluding hydrogens is 250 g/mol. The minimum atomic E-state index is 0.656. The van der Waals surface area contributed by atoms with Gasteiger partial charge < -0.3 is 14.6 Å². The topological polar surface area (TPSA) is 39.1 Å². The van der Waals surface area contributed by atoms with Crippen molar-refractivity contribution >= 4 is 0 Å². The number of aromatic nitrogens is 2. The molecule has 0 radical (unpaired) electrons. The second-order valence-electron chi connectivity index (χ2n) is 4.88. The minimum absolute atomic E-state index is 0.656. The number of hydrogen-bond donors (Lipinski definition) is 1. The second kappa shape index (κ2) is 7.10. The lowest BCUT2D eigenvalue weighted by Crippen LogP contribution is -2.11. The third kappa shape index (κ3) is 3.84. The van der Waals surface area contributed by atoms with Crippen LogP contribution in [0, 0.1) is 13.8 Å². The molecule has 2 rings (SSSR count). The minimum Gasteiger partial charge on any atom is -0.492 e. The van der Waals surface area contributed by atoms with E-state index < -0.39 is 0 Å². The Morgan fingerprint density at radius 1 is 1.20 bits per heavy atom. The maximum atomic E-state index is 5.76. The SMILES string of the molecule is CCNCc1ccc(OCCn2cnc(C)c2C)cc1. The maximum Gasteiger partial charge on any atom is 0.119 e. The molecule has 0 aliphatic heterocycles. The normalized spacial score (nSPS) is 10.8. The smallest absolute Gasteiger partial charge is 0.119 e. The van der Waals surface area contributed by atoms with Gasteiger partial charge in [0.15, 0.2) is 0 Å². The molecule has 0 fully saturated rings. The fraction of sp³-hybridized carbons (Fsp3) is 0.438. The summed E-state index contributed by atoms with van der Waals surface area (Å²) in [5.41, 5.74) is 3.56. The molecule has 1 aromatic carbocycles. The summed E-state index contributed by atoms with van der Waals surface area (Å²) in [6.07, 6.45) is 1.87. The summed E-state index contributed by atoms with van der Waals surface area (Å²) in [5.74, 6) is 0.916. The van der Waals surface area contributed by atoms with E-state index in [4.69, 9.17) is 4.74 Å². The highest BCUT2D eigenvalue weighted by atomic mass is 16.5. The Labute approximate surface area is 120 Å². The third-order valence-electron chi connectivity index (χ3n) is 3.45. The average Bonchev–Trinajstić information content (AvgIpc) is 2.78.